The monoisotopic (exact) mass is 332 g/mol. The van der Waals surface area contributed by atoms with Crippen LogP contribution in [0.2, 0.25) is 0 Å². The van der Waals surface area contributed by atoms with E-state index in [4.69, 9.17) is 4.98 Å². The second-order valence-corrected chi connectivity index (χ2v) is 7.00. The number of aromatic nitrogens is 1. The summed E-state index contributed by atoms with van der Waals surface area (Å²) in [5.41, 5.74) is 6.96. The van der Waals surface area contributed by atoms with E-state index in [1.54, 1.807) is 0 Å². The summed E-state index contributed by atoms with van der Waals surface area (Å²) in [6, 6.07) is 14.3. The van der Waals surface area contributed by atoms with Crippen LogP contribution in [0.1, 0.15) is 40.9 Å². The van der Waals surface area contributed by atoms with Gasteiger partial charge >= 0.3 is 0 Å². The van der Waals surface area contributed by atoms with Crippen LogP contribution in [0.5, 0.6) is 0 Å². The van der Waals surface area contributed by atoms with E-state index in [-0.39, 0.29) is 11.9 Å². The first-order valence-corrected chi connectivity index (χ1v) is 8.65. The first-order valence-electron chi connectivity index (χ1n) is 8.65. The minimum Gasteiger partial charge on any atom is -0.350 e. The normalized spacial score (nSPS) is 11.1. The quantitative estimate of drug-likeness (QED) is 0.736. The molecule has 1 aromatic heterocycles. The minimum atomic E-state index is -0.0573. The molecule has 0 unspecified atom stereocenters. The van der Waals surface area contributed by atoms with E-state index in [1.165, 1.54) is 11.1 Å². The fraction of sp³-hybridized carbons (Fsp3) is 0.273. The number of nitrogens with zero attached hydrogens (tertiary/aromatic N) is 1. The van der Waals surface area contributed by atoms with E-state index in [0.717, 1.165) is 27.7 Å². The van der Waals surface area contributed by atoms with E-state index in [9.17, 15) is 4.79 Å². The highest BCUT2D eigenvalue weighted by Crippen LogP contribution is 2.27. The lowest BCUT2D eigenvalue weighted by atomic mass is 9.99. The summed E-state index contributed by atoms with van der Waals surface area (Å²) in [7, 11) is 0. The van der Waals surface area contributed by atoms with E-state index >= 15 is 0 Å². The van der Waals surface area contributed by atoms with Gasteiger partial charge in [-0.15, -0.1) is 0 Å². The van der Waals surface area contributed by atoms with Crippen LogP contribution < -0.4 is 5.32 Å². The van der Waals surface area contributed by atoms with Gasteiger partial charge in [0.15, 0.2) is 0 Å². The zero-order valence-electron chi connectivity index (χ0n) is 15.5. The highest BCUT2D eigenvalue weighted by atomic mass is 16.1. The van der Waals surface area contributed by atoms with Gasteiger partial charge in [0.25, 0.3) is 5.91 Å². The number of nitrogens with one attached hydrogen (secondary N) is 1. The van der Waals surface area contributed by atoms with Crippen LogP contribution in [-0.4, -0.2) is 16.9 Å². The van der Waals surface area contributed by atoms with Crippen molar-refractivity contribution in [3.8, 4) is 11.3 Å². The molecule has 1 heterocycles. The number of benzene rings is 2. The third-order valence-corrected chi connectivity index (χ3v) is 4.43. The molecule has 0 aliphatic heterocycles. The SMILES string of the molecule is Cc1ccc2nc(-c3ccc(C)c(C)c3)cc(C(=O)NC(C)C)c2c1. The summed E-state index contributed by atoms with van der Waals surface area (Å²) in [5, 5.41) is 3.90. The number of hydrogen-bond acceptors (Lipinski definition) is 2. The Morgan fingerprint density at radius 3 is 2.40 bits per heavy atom. The summed E-state index contributed by atoms with van der Waals surface area (Å²) in [6.07, 6.45) is 0. The maximum atomic E-state index is 12.7. The average Bonchev–Trinajstić information content (AvgIpc) is 2.55. The molecule has 128 valence electrons. The van der Waals surface area contributed by atoms with Crippen LogP contribution in [0.15, 0.2) is 42.5 Å². The molecule has 0 aliphatic carbocycles. The number of fused-ring (bicyclic) bond motifs is 1. The Labute approximate surface area is 149 Å². The Bertz CT molecular complexity index is 958. The van der Waals surface area contributed by atoms with E-state index in [2.05, 4.69) is 37.4 Å². The van der Waals surface area contributed by atoms with Gasteiger partial charge in [0.1, 0.15) is 0 Å². The van der Waals surface area contributed by atoms with Gasteiger partial charge in [-0.25, -0.2) is 4.98 Å². The lowest BCUT2D eigenvalue weighted by Crippen LogP contribution is -2.30. The maximum absolute atomic E-state index is 12.7. The van der Waals surface area contributed by atoms with Crippen molar-refractivity contribution >= 4 is 16.8 Å². The largest absolute Gasteiger partial charge is 0.350 e. The van der Waals surface area contributed by atoms with Gasteiger partial charge in [-0.05, 0) is 70.0 Å². The Balaban J connectivity index is 2.22. The summed E-state index contributed by atoms with van der Waals surface area (Å²) in [6.45, 7) is 10.2. The van der Waals surface area contributed by atoms with E-state index in [0.29, 0.717) is 5.56 Å². The Kier molecular flexibility index (Phi) is 4.58. The zero-order chi connectivity index (χ0) is 18.1. The number of aryl methyl sites for hydroxylation is 3. The number of hydrogen-bond donors (Lipinski definition) is 1. The van der Waals surface area contributed by atoms with Crippen molar-refractivity contribution in [2.45, 2.75) is 40.7 Å². The van der Waals surface area contributed by atoms with Crippen LogP contribution in [-0.2, 0) is 0 Å². The van der Waals surface area contributed by atoms with Gasteiger partial charge in [-0.1, -0.05) is 23.8 Å². The number of carbonyl (C=O) groups excluding carboxylic acids is 1. The predicted molar refractivity (Wildman–Crippen MR) is 104 cm³/mol. The molecule has 3 aromatic rings. The Morgan fingerprint density at radius 2 is 1.72 bits per heavy atom. The molecule has 0 fully saturated rings. The van der Waals surface area contributed by atoms with Crippen molar-refractivity contribution in [1.29, 1.82) is 0 Å². The molecule has 0 saturated carbocycles. The highest BCUT2D eigenvalue weighted by Gasteiger charge is 2.15. The average molecular weight is 332 g/mol. The molecule has 0 radical (unpaired) electrons. The first-order chi connectivity index (χ1) is 11.8. The van der Waals surface area contributed by atoms with Gasteiger partial charge in [0.2, 0.25) is 0 Å². The summed E-state index contributed by atoms with van der Waals surface area (Å²) >= 11 is 0. The van der Waals surface area contributed by atoms with Crippen molar-refractivity contribution in [3.05, 3.63) is 64.7 Å². The fourth-order valence-corrected chi connectivity index (χ4v) is 2.92. The van der Waals surface area contributed by atoms with Gasteiger partial charge in [-0.2, -0.15) is 0 Å². The molecule has 3 heteroatoms. The molecule has 0 atom stereocenters. The standard InChI is InChI=1S/C22H24N2O/c1-13(2)23-22(25)19-12-21(17-8-7-15(4)16(5)11-17)24-20-9-6-14(3)10-18(19)20/h6-13H,1-5H3,(H,23,25). The molecule has 0 spiro atoms. The van der Waals surface area contributed by atoms with Gasteiger partial charge < -0.3 is 5.32 Å². The lowest BCUT2D eigenvalue weighted by Gasteiger charge is -2.13. The van der Waals surface area contributed by atoms with Crippen LogP contribution in [0.3, 0.4) is 0 Å². The van der Waals surface area contributed by atoms with E-state index < -0.39 is 0 Å². The first kappa shape index (κ1) is 17.2. The van der Waals surface area contributed by atoms with Gasteiger partial charge in [0.05, 0.1) is 16.8 Å². The van der Waals surface area contributed by atoms with Crippen LogP contribution >= 0.6 is 0 Å². The van der Waals surface area contributed by atoms with Crippen LogP contribution in [0.4, 0.5) is 0 Å². The van der Waals surface area contributed by atoms with Gasteiger partial charge in [-0.3, -0.25) is 4.79 Å². The van der Waals surface area contributed by atoms with Crippen molar-refractivity contribution in [1.82, 2.24) is 10.3 Å². The molecule has 2 aromatic carbocycles. The predicted octanol–water partition coefficient (Wildman–Crippen LogP) is 4.97. The summed E-state index contributed by atoms with van der Waals surface area (Å²) < 4.78 is 0. The molecule has 3 nitrogen and oxygen atoms in total. The summed E-state index contributed by atoms with van der Waals surface area (Å²) in [4.78, 5) is 17.5. The number of carbonyl (C=O) groups is 1. The van der Waals surface area contributed by atoms with Crippen LogP contribution in [0.25, 0.3) is 22.2 Å². The highest BCUT2D eigenvalue weighted by molar-refractivity contribution is 6.07. The second-order valence-electron chi connectivity index (χ2n) is 7.00. The lowest BCUT2D eigenvalue weighted by molar-refractivity contribution is 0.0945. The molecule has 1 amide bonds. The number of amides is 1. The zero-order valence-corrected chi connectivity index (χ0v) is 15.5. The second kappa shape index (κ2) is 6.67. The smallest absolute Gasteiger partial charge is 0.252 e. The Hall–Kier alpha value is -2.68. The molecule has 0 bridgehead atoms. The molecule has 0 saturated heterocycles. The number of rotatable bonds is 3. The number of pyridine rings is 1. The molecule has 3 rings (SSSR count). The van der Waals surface area contributed by atoms with Crippen molar-refractivity contribution in [2.24, 2.45) is 0 Å². The molecule has 1 N–H and O–H groups in total. The van der Waals surface area contributed by atoms with Crippen LogP contribution in [0, 0.1) is 20.8 Å². The summed E-state index contributed by atoms with van der Waals surface area (Å²) in [5.74, 6) is -0.0573. The molecule has 0 aliphatic rings. The third-order valence-electron chi connectivity index (χ3n) is 4.43. The Morgan fingerprint density at radius 1 is 0.960 bits per heavy atom. The maximum Gasteiger partial charge on any atom is 0.252 e. The minimum absolute atomic E-state index is 0.0573. The topological polar surface area (TPSA) is 42.0 Å². The van der Waals surface area contributed by atoms with Crippen molar-refractivity contribution in [2.75, 3.05) is 0 Å². The molecule has 25 heavy (non-hydrogen) atoms. The fourth-order valence-electron chi connectivity index (χ4n) is 2.92. The van der Waals surface area contributed by atoms with Gasteiger partial charge in [0, 0.05) is 17.0 Å². The third kappa shape index (κ3) is 3.55. The van der Waals surface area contributed by atoms with Crippen molar-refractivity contribution < 1.29 is 4.79 Å². The van der Waals surface area contributed by atoms with E-state index in [1.807, 2.05) is 45.0 Å². The molecular formula is C22H24N2O. The molecular weight excluding hydrogens is 308 g/mol. The van der Waals surface area contributed by atoms with Crippen molar-refractivity contribution in [3.63, 3.8) is 0 Å².